The van der Waals surface area contributed by atoms with Gasteiger partial charge >= 0.3 is 6.09 Å². The van der Waals surface area contributed by atoms with Gasteiger partial charge < -0.3 is 10.1 Å². The predicted molar refractivity (Wildman–Crippen MR) is 146 cm³/mol. The van der Waals surface area contributed by atoms with Crippen molar-refractivity contribution in [2.75, 3.05) is 0 Å². The van der Waals surface area contributed by atoms with Gasteiger partial charge in [0.25, 0.3) is 0 Å². The second-order valence-corrected chi connectivity index (χ2v) is 11.5. The molecule has 1 N–H and O–H groups in total. The highest BCUT2D eigenvalue weighted by Gasteiger charge is 2.21. The Labute approximate surface area is 213 Å². The van der Waals surface area contributed by atoms with Gasteiger partial charge in [0.15, 0.2) is 5.12 Å². The zero-order chi connectivity index (χ0) is 25.8. The molecule has 1 amide bonds. The fourth-order valence-electron chi connectivity index (χ4n) is 3.95. The van der Waals surface area contributed by atoms with Crippen LogP contribution in [0.1, 0.15) is 63.9 Å². The van der Waals surface area contributed by atoms with E-state index in [2.05, 4.69) is 56.4 Å². The third-order valence-electron chi connectivity index (χ3n) is 5.43. The van der Waals surface area contributed by atoms with Crippen LogP contribution < -0.4 is 5.32 Å². The normalized spacial score (nSPS) is 11.7. The van der Waals surface area contributed by atoms with Crippen molar-refractivity contribution in [1.82, 2.24) is 10.3 Å². The van der Waals surface area contributed by atoms with Crippen LogP contribution in [-0.4, -0.2) is 21.8 Å². The number of ether oxygens (including phenoxy) is 1. The monoisotopic (exact) mass is 492 g/mol. The van der Waals surface area contributed by atoms with E-state index in [0.717, 1.165) is 45.3 Å². The average molecular weight is 493 g/mol. The van der Waals surface area contributed by atoms with Crippen molar-refractivity contribution in [3.8, 4) is 11.1 Å². The van der Waals surface area contributed by atoms with E-state index in [4.69, 9.17) is 9.72 Å². The molecule has 0 spiro atoms. The number of hydrogen-bond donors (Lipinski definition) is 1. The summed E-state index contributed by atoms with van der Waals surface area (Å²) in [5.41, 5.74) is 6.70. The number of aryl methyl sites for hydroxylation is 1. The first-order valence-corrected chi connectivity index (χ1v) is 13.0. The van der Waals surface area contributed by atoms with E-state index >= 15 is 0 Å². The van der Waals surface area contributed by atoms with Gasteiger partial charge in [-0.05, 0) is 68.9 Å². The lowest BCUT2D eigenvalue weighted by molar-refractivity contribution is -0.109. The fourth-order valence-corrected chi connectivity index (χ4v) is 4.50. The summed E-state index contributed by atoms with van der Waals surface area (Å²) in [5.74, 6) is 1.01. The van der Waals surface area contributed by atoms with E-state index in [1.54, 1.807) is 6.92 Å². The lowest BCUT2D eigenvalue weighted by atomic mass is 9.90. The summed E-state index contributed by atoms with van der Waals surface area (Å²) in [7, 11) is 0. The van der Waals surface area contributed by atoms with Crippen molar-refractivity contribution in [2.45, 2.75) is 72.8 Å². The van der Waals surface area contributed by atoms with Crippen LogP contribution >= 0.6 is 11.8 Å². The first kappa shape index (κ1) is 26.7. The molecule has 1 aromatic heterocycles. The third-order valence-corrected chi connectivity index (χ3v) is 6.31. The highest BCUT2D eigenvalue weighted by atomic mass is 32.2. The Hall–Kier alpha value is -2.86. The number of pyridine rings is 1. The molecule has 0 aliphatic carbocycles. The Morgan fingerprint density at radius 3 is 2.37 bits per heavy atom. The van der Waals surface area contributed by atoms with Crippen LogP contribution in [-0.2, 0) is 28.2 Å². The molecular weight excluding hydrogens is 456 g/mol. The van der Waals surface area contributed by atoms with E-state index in [1.165, 1.54) is 17.3 Å². The van der Waals surface area contributed by atoms with Crippen LogP contribution in [0.4, 0.5) is 4.79 Å². The number of carbonyl (C=O) groups excluding carboxylic acids is 2. The SMILES string of the molecule is CC(=O)SCc1ccc2nc(CC(C)C)c(CNC(=O)OC(C)(C)C)c(-c3ccc(C)cc3)c2c1. The van der Waals surface area contributed by atoms with Crippen molar-refractivity contribution < 1.29 is 14.3 Å². The summed E-state index contributed by atoms with van der Waals surface area (Å²) in [5, 5.41) is 4.07. The molecule has 0 bridgehead atoms. The number of alkyl carbamates (subject to hydrolysis) is 1. The largest absolute Gasteiger partial charge is 0.444 e. The van der Waals surface area contributed by atoms with Crippen molar-refractivity contribution in [2.24, 2.45) is 5.92 Å². The lowest BCUT2D eigenvalue weighted by Gasteiger charge is -2.22. The fraction of sp³-hybridized carbons (Fsp3) is 0.414. The van der Waals surface area contributed by atoms with Crippen molar-refractivity contribution >= 4 is 33.9 Å². The number of hydrogen-bond acceptors (Lipinski definition) is 5. The number of carbonyl (C=O) groups is 2. The molecule has 0 atom stereocenters. The number of nitrogens with one attached hydrogen (secondary N) is 1. The molecule has 5 nitrogen and oxygen atoms in total. The Kier molecular flexibility index (Phi) is 8.60. The van der Waals surface area contributed by atoms with Crippen LogP contribution in [0.25, 0.3) is 22.0 Å². The van der Waals surface area contributed by atoms with Gasteiger partial charge in [-0.3, -0.25) is 9.78 Å². The smallest absolute Gasteiger partial charge is 0.407 e. The molecule has 6 heteroatoms. The zero-order valence-corrected chi connectivity index (χ0v) is 22.6. The maximum Gasteiger partial charge on any atom is 0.407 e. The van der Waals surface area contributed by atoms with E-state index in [-0.39, 0.29) is 5.12 Å². The van der Waals surface area contributed by atoms with Crippen LogP contribution in [0.15, 0.2) is 42.5 Å². The molecule has 0 aliphatic rings. The standard InChI is InChI=1S/C29H36N2O3S/c1-18(2)14-26-24(16-30-28(33)34-29(5,6)7)27(22-11-8-19(3)9-12-22)23-15-21(17-35-20(4)32)10-13-25(23)31-26/h8-13,15,18H,14,16-17H2,1-7H3,(H,30,33). The maximum absolute atomic E-state index is 12.5. The second kappa shape index (κ2) is 11.3. The Balaban J connectivity index is 2.19. The van der Waals surface area contributed by atoms with E-state index < -0.39 is 11.7 Å². The minimum absolute atomic E-state index is 0.0940. The average Bonchev–Trinajstić information content (AvgIpc) is 2.75. The predicted octanol–water partition coefficient (Wildman–Crippen LogP) is 7.21. The van der Waals surface area contributed by atoms with Crippen molar-refractivity contribution in [3.63, 3.8) is 0 Å². The lowest BCUT2D eigenvalue weighted by Crippen LogP contribution is -2.32. The molecule has 0 saturated carbocycles. The minimum Gasteiger partial charge on any atom is -0.444 e. The van der Waals surface area contributed by atoms with E-state index in [1.807, 2.05) is 32.9 Å². The summed E-state index contributed by atoms with van der Waals surface area (Å²) in [4.78, 5) is 29.1. The van der Waals surface area contributed by atoms with Crippen LogP contribution in [0.5, 0.6) is 0 Å². The summed E-state index contributed by atoms with van der Waals surface area (Å²) < 4.78 is 5.50. The second-order valence-electron chi connectivity index (χ2n) is 10.4. The van der Waals surface area contributed by atoms with Gasteiger partial charge in [0.05, 0.1) is 5.52 Å². The summed E-state index contributed by atoms with van der Waals surface area (Å²) >= 11 is 1.30. The first-order valence-electron chi connectivity index (χ1n) is 12.0. The van der Waals surface area contributed by atoms with E-state index in [0.29, 0.717) is 18.2 Å². The zero-order valence-electron chi connectivity index (χ0n) is 21.8. The topological polar surface area (TPSA) is 68.3 Å². The van der Waals surface area contributed by atoms with Gasteiger partial charge in [-0.15, -0.1) is 0 Å². The maximum atomic E-state index is 12.5. The van der Waals surface area contributed by atoms with Crippen LogP contribution in [0, 0.1) is 12.8 Å². The third kappa shape index (κ3) is 7.56. The molecule has 1 heterocycles. The number of benzene rings is 2. The van der Waals surface area contributed by atoms with Gasteiger partial charge in [0, 0.05) is 35.9 Å². The molecule has 3 rings (SSSR count). The van der Waals surface area contributed by atoms with Crippen LogP contribution in [0.3, 0.4) is 0 Å². The quantitative estimate of drug-likeness (QED) is 0.377. The van der Waals surface area contributed by atoms with Gasteiger partial charge in [-0.1, -0.05) is 61.5 Å². The van der Waals surface area contributed by atoms with E-state index in [9.17, 15) is 9.59 Å². The summed E-state index contributed by atoms with van der Waals surface area (Å²) in [6, 6.07) is 14.7. The molecule has 3 aromatic rings. The molecule has 186 valence electrons. The van der Waals surface area contributed by atoms with Crippen molar-refractivity contribution in [3.05, 3.63) is 64.8 Å². The molecule has 0 aliphatic heterocycles. The Bertz CT molecular complexity index is 1210. The minimum atomic E-state index is -0.574. The number of nitrogens with zero attached hydrogens (tertiary/aromatic N) is 1. The molecule has 0 fully saturated rings. The summed E-state index contributed by atoms with van der Waals surface area (Å²) in [6.07, 6.45) is 0.344. The van der Waals surface area contributed by atoms with Crippen molar-refractivity contribution in [1.29, 1.82) is 0 Å². The molecule has 0 unspecified atom stereocenters. The molecule has 35 heavy (non-hydrogen) atoms. The highest BCUT2D eigenvalue weighted by molar-refractivity contribution is 8.12. The van der Waals surface area contributed by atoms with Gasteiger partial charge in [0.2, 0.25) is 0 Å². The van der Waals surface area contributed by atoms with Crippen LogP contribution in [0.2, 0.25) is 0 Å². The van der Waals surface area contributed by atoms with Gasteiger partial charge in [0.1, 0.15) is 5.60 Å². The van der Waals surface area contributed by atoms with Gasteiger partial charge in [-0.2, -0.15) is 0 Å². The molecule has 0 saturated heterocycles. The Morgan fingerprint density at radius 2 is 1.77 bits per heavy atom. The Morgan fingerprint density at radius 1 is 1.09 bits per heavy atom. The number of fused-ring (bicyclic) bond motifs is 1. The number of aromatic nitrogens is 1. The highest BCUT2D eigenvalue weighted by Crippen LogP contribution is 2.35. The van der Waals surface area contributed by atoms with Gasteiger partial charge in [-0.25, -0.2) is 4.79 Å². The molecule has 2 aromatic carbocycles. The summed E-state index contributed by atoms with van der Waals surface area (Å²) in [6.45, 7) is 13.9. The molecular formula is C29H36N2O3S. The number of rotatable bonds is 7. The number of thioether (sulfide) groups is 1. The first-order chi connectivity index (χ1) is 16.4. The number of amides is 1. The molecule has 0 radical (unpaired) electrons.